The van der Waals surface area contributed by atoms with Gasteiger partial charge in [-0.15, -0.1) is 13.2 Å². The maximum Gasteiger partial charge on any atom is 0.573 e. The summed E-state index contributed by atoms with van der Waals surface area (Å²) in [5, 5.41) is 30.5. The number of rotatable bonds is 11. The van der Waals surface area contributed by atoms with Crippen molar-refractivity contribution in [3.63, 3.8) is 0 Å². The Kier molecular flexibility index (Phi) is 9.37. The van der Waals surface area contributed by atoms with Crippen LogP contribution < -0.4 is 15.4 Å². The van der Waals surface area contributed by atoms with Gasteiger partial charge < -0.3 is 30.3 Å². The molecule has 2 heterocycles. The summed E-state index contributed by atoms with van der Waals surface area (Å²) in [4.78, 5) is 36.4. The first-order valence-electron chi connectivity index (χ1n) is 13.2. The lowest BCUT2D eigenvalue weighted by molar-refractivity contribution is -0.274. The van der Waals surface area contributed by atoms with Gasteiger partial charge in [-0.2, -0.15) is 0 Å². The summed E-state index contributed by atoms with van der Waals surface area (Å²) in [6.07, 6.45) is -3.52. The fraction of sp³-hybridized carbons (Fsp3) is 0.357. The van der Waals surface area contributed by atoms with Crippen molar-refractivity contribution in [2.75, 3.05) is 6.54 Å². The number of pyridine rings is 1. The summed E-state index contributed by atoms with van der Waals surface area (Å²) in [6.45, 7) is 3.57. The molecule has 2 aromatic carbocycles. The van der Waals surface area contributed by atoms with E-state index >= 15 is 0 Å². The third kappa shape index (κ3) is 7.76. The number of hydrogen-bond donors (Lipinski definition) is 4. The molecule has 0 saturated carbocycles. The van der Waals surface area contributed by atoms with Crippen LogP contribution in [0.25, 0.3) is 10.8 Å². The Morgan fingerprint density at radius 3 is 2.62 bits per heavy atom. The van der Waals surface area contributed by atoms with E-state index in [2.05, 4.69) is 25.5 Å². The lowest BCUT2D eigenvalue weighted by Crippen LogP contribution is -2.56. The number of alkyl halides is 3. The van der Waals surface area contributed by atoms with E-state index in [0.29, 0.717) is 5.39 Å². The third-order valence-corrected chi connectivity index (χ3v) is 6.62. The van der Waals surface area contributed by atoms with E-state index in [1.54, 1.807) is 18.2 Å². The predicted molar refractivity (Wildman–Crippen MR) is 148 cm³/mol. The van der Waals surface area contributed by atoms with Crippen LogP contribution in [0, 0.1) is 5.92 Å². The van der Waals surface area contributed by atoms with Gasteiger partial charge in [0.2, 0.25) is 5.60 Å². The van der Waals surface area contributed by atoms with Crippen LogP contribution in [0.2, 0.25) is 0 Å². The van der Waals surface area contributed by atoms with E-state index < -0.39 is 42.6 Å². The smallest absolute Gasteiger partial charge is 0.426 e. The number of nitrogens with one attached hydrogen (secondary N) is 2. The highest BCUT2D eigenvalue weighted by atomic mass is 19.4. The maximum atomic E-state index is 13.6. The van der Waals surface area contributed by atoms with E-state index in [4.69, 9.17) is 4.84 Å². The van der Waals surface area contributed by atoms with Gasteiger partial charge in [-0.05, 0) is 41.5 Å². The second-order valence-electron chi connectivity index (χ2n) is 10.5. The number of halogens is 3. The third-order valence-electron chi connectivity index (χ3n) is 6.62. The molecule has 10 nitrogen and oxygen atoms in total. The van der Waals surface area contributed by atoms with Crippen LogP contribution in [0.4, 0.5) is 13.2 Å². The fourth-order valence-electron chi connectivity index (χ4n) is 4.75. The Hall–Kier alpha value is -4.17. The summed E-state index contributed by atoms with van der Waals surface area (Å²) < 4.78 is 42.4. The summed E-state index contributed by atoms with van der Waals surface area (Å²) >= 11 is 0. The van der Waals surface area contributed by atoms with Gasteiger partial charge in [0.05, 0.1) is 18.2 Å². The number of ether oxygens (including phenoxy) is 1. The standard InChI is InChI=1S/C28H30BF3N4O6/c1-17(2)12-23(29(39)40)35-26(38)27(14-18-6-5-8-21(13-18)41-28(30,31)32)15-20(36-42-27)16-34-25(37)24-22-9-4-3-7-19(22)10-11-33-24/h3-11,13,17,23,39-40H,12,14-16H2,1-2H3,(H,34,37)(H,35,38)/t23-,27?/m0/s1. The Labute approximate surface area is 240 Å². The van der Waals surface area contributed by atoms with Gasteiger partial charge in [-0.25, -0.2) is 0 Å². The van der Waals surface area contributed by atoms with Crippen LogP contribution in [0.15, 0.2) is 65.9 Å². The zero-order chi connectivity index (χ0) is 30.5. The minimum atomic E-state index is -4.91. The SMILES string of the molecule is CC(C)C[C@H](NC(=O)C1(Cc2cccc(OC(F)(F)F)c2)CC(CNC(=O)c2nccc3ccccc23)=NO1)B(O)O. The van der Waals surface area contributed by atoms with Gasteiger partial charge in [0.25, 0.3) is 11.8 Å². The number of aromatic nitrogens is 1. The molecule has 0 aliphatic carbocycles. The Morgan fingerprint density at radius 1 is 1.14 bits per heavy atom. The molecule has 2 amide bonds. The van der Waals surface area contributed by atoms with Crippen molar-refractivity contribution in [1.29, 1.82) is 0 Å². The molecular weight excluding hydrogens is 556 g/mol. The monoisotopic (exact) mass is 586 g/mol. The Morgan fingerprint density at radius 2 is 1.90 bits per heavy atom. The molecule has 1 aromatic heterocycles. The first-order chi connectivity index (χ1) is 19.8. The maximum absolute atomic E-state index is 13.6. The van der Waals surface area contributed by atoms with Crippen molar-refractivity contribution in [2.24, 2.45) is 11.1 Å². The molecule has 14 heteroatoms. The highest BCUT2D eigenvalue weighted by Gasteiger charge is 2.48. The molecule has 4 N–H and O–H groups in total. The number of oxime groups is 1. The Balaban J connectivity index is 1.53. The second kappa shape index (κ2) is 12.8. The van der Waals surface area contributed by atoms with Crippen LogP contribution in [0.1, 0.15) is 42.7 Å². The number of amides is 2. The molecule has 3 aromatic rings. The highest BCUT2D eigenvalue weighted by molar-refractivity contribution is 6.43. The van der Waals surface area contributed by atoms with Crippen molar-refractivity contribution in [3.05, 3.63) is 72.1 Å². The molecule has 1 unspecified atom stereocenters. The summed E-state index contributed by atoms with van der Waals surface area (Å²) in [7, 11) is -1.87. The zero-order valence-corrected chi connectivity index (χ0v) is 22.9. The van der Waals surface area contributed by atoms with E-state index in [1.807, 2.05) is 26.0 Å². The number of carbonyl (C=O) groups excluding carboxylic acids is 2. The van der Waals surface area contributed by atoms with Gasteiger partial charge in [-0.3, -0.25) is 14.6 Å². The normalized spacial score (nSPS) is 17.4. The second-order valence-corrected chi connectivity index (χ2v) is 10.5. The topological polar surface area (TPSA) is 142 Å². The van der Waals surface area contributed by atoms with Crippen LogP contribution in [0.3, 0.4) is 0 Å². The summed E-state index contributed by atoms with van der Waals surface area (Å²) in [6, 6.07) is 14.1. The molecule has 1 aliphatic heterocycles. The number of benzene rings is 2. The van der Waals surface area contributed by atoms with Gasteiger partial charge in [0, 0.05) is 24.4 Å². The molecule has 1 aliphatic rings. The molecular formula is C28H30BF3N4O6. The minimum absolute atomic E-state index is 0.00144. The molecule has 222 valence electrons. The summed E-state index contributed by atoms with van der Waals surface area (Å²) in [5.41, 5.74) is -0.992. The van der Waals surface area contributed by atoms with Crippen molar-refractivity contribution >= 4 is 35.4 Å². The number of carbonyl (C=O) groups is 2. The van der Waals surface area contributed by atoms with Crippen LogP contribution in [-0.2, 0) is 16.1 Å². The molecule has 2 atom stereocenters. The first-order valence-corrected chi connectivity index (χ1v) is 13.2. The van der Waals surface area contributed by atoms with Crippen LogP contribution in [-0.4, -0.2) is 64.1 Å². The highest BCUT2D eigenvalue weighted by Crippen LogP contribution is 2.31. The average Bonchev–Trinajstić information content (AvgIpc) is 3.34. The molecule has 0 fully saturated rings. The van der Waals surface area contributed by atoms with E-state index in [-0.39, 0.29) is 48.7 Å². The molecule has 42 heavy (non-hydrogen) atoms. The molecule has 0 radical (unpaired) electrons. The zero-order valence-electron chi connectivity index (χ0n) is 22.9. The van der Waals surface area contributed by atoms with Gasteiger partial charge in [-0.1, -0.05) is 55.4 Å². The number of hydrogen-bond acceptors (Lipinski definition) is 8. The molecule has 0 saturated heterocycles. The van der Waals surface area contributed by atoms with Gasteiger partial charge >= 0.3 is 13.5 Å². The van der Waals surface area contributed by atoms with E-state index in [1.165, 1.54) is 18.3 Å². The van der Waals surface area contributed by atoms with Gasteiger partial charge in [0.15, 0.2) is 0 Å². The predicted octanol–water partition coefficient (Wildman–Crippen LogP) is 3.16. The lowest BCUT2D eigenvalue weighted by atomic mass is 9.74. The molecule has 0 bridgehead atoms. The molecule has 0 spiro atoms. The Bertz CT molecular complexity index is 1460. The quantitative estimate of drug-likeness (QED) is 0.253. The first kappa shape index (κ1) is 30.8. The largest absolute Gasteiger partial charge is 0.573 e. The summed E-state index contributed by atoms with van der Waals surface area (Å²) in [5.74, 6) is -2.75. The minimum Gasteiger partial charge on any atom is -0.426 e. The van der Waals surface area contributed by atoms with Crippen LogP contribution in [0.5, 0.6) is 5.75 Å². The van der Waals surface area contributed by atoms with Gasteiger partial charge in [0.1, 0.15) is 11.4 Å². The fourth-order valence-corrected chi connectivity index (χ4v) is 4.75. The van der Waals surface area contributed by atoms with E-state index in [9.17, 15) is 32.8 Å². The van der Waals surface area contributed by atoms with Crippen molar-refractivity contribution in [2.45, 2.75) is 51.0 Å². The lowest BCUT2D eigenvalue weighted by Gasteiger charge is -2.29. The van der Waals surface area contributed by atoms with Crippen LogP contribution >= 0.6 is 0 Å². The van der Waals surface area contributed by atoms with E-state index in [0.717, 1.165) is 17.5 Å². The van der Waals surface area contributed by atoms with Crippen molar-refractivity contribution < 1.29 is 42.4 Å². The number of fused-ring (bicyclic) bond motifs is 1. The number of nitrogens with zero attached hydrogens (tertiary/aromatic N) is 2. The molecule has 4 rings (SSSR count). The average molecular weight is 586 g/mol. The van der Waals surface area contributed by atoms with Crippen molar-refractivity contribution in [3.8, 4) is 5.75 Å². The van der Waals surface area contributed by atoms with Crippen molar-refractivity contribution in [1.82, 2.24) is 15.6 Å².